The normalized spacial score (nSPS) is 29.2. The summed E-state index contributed by atoms with van der Waals surface area (Å²) in [6, 6.07) is 8.21. The van der Waals surface area contributed by atoms with Gasteiger partial charge >= 0.3 is 0 Å². The zero-order valence-electron chi connectivity index (χ0n) is 12.4. The Morgan fingerprint density at radius 2 is 2.11 bits per heavy atom. The molecule has 2 aliphatic heterocycles. The van der Waals surface area contributed by atoms with Gasteiger partial charge in [-0.15, -0.1) is 0 Å². The molecule has 2 saturated heterocycles. The van der Waals surface area contributed by atoms with Gasteiger partial charge < -0.3 is 5.32 Å². The Bertz CT molecular complexity index is 455. The van der Waals surface area contributed by atoms with Crippen LogP contribution in [0.3, 0.4) is 0 Å². The molecule has 1 aromatic carbocycles. The maximum atomic E-state index is 3.58. The third-order valence-electron chi connectivity index (χ3n) is 5.09. The molecule has 2 fully saturated rings. The number of aryl methyl sites for hydroxylation is 2. The van der Waals surface area contributed by atoms with Gasteiger partial charge in [0.1, 0.15) is 0 Å². The third kappa shape index (κ3) is 2.44. The average Bonchev–Trinajstić information content (AvgIpc) is 2.86. The summed E-state index contributed by atoms with van der Waals surface area (Å²) in [5.74, 6) is 0.877. The SMILES string of the molecule is Cc1ccc(C(C)N2CCCC3CNCC32)c(C)c1. The summed E-state index contributed by atoms with van der Waals surface area (Å²) in [7, 11) is 0. The van der Waals surface area contributed by atoms with E-state index in [0.717, 1.165) is 12.0 Å². The van der Waals surface area contributed by atoms with Gasteiger partial charge in [0, 0.05) is 18.6 Å². The first kappa shape index (κ1) is 13.1. The fourth-order valence-corrected chi connectivity index (χ4v) is 4.06. The van der Waals surface area contributed by atoms with Crippen molar-refractivity contribution in [3.63, 3.8) is 0 Å². The van der Waals surface area contributed by atoms with Gasteiger partial charge in [-0.1, -0.05) is 23.8 Å². The molecule has 2 aliphatic rings. The van der Waals surface area contributed by atoms with Gasteiger partial charge in [-0.2, -0.15) is 0 Å². The van der Waals surface area contributed by atoms with Crippen molar-refractivity contribution in [3.8, 4) is 0 Å². The lowest BCUT2D eigenvalue weighted by Gasteiger charge is -2.41. The van der Waals surface area contributed by atoms with Gasteiger partial charge in [0.2, 0.25) is 0 Å². The smallest absolute Gasteiger partial charge is 0.0326 e. The van der Waals surface area contributed by atoms with Gasteiger partial charge in [0.05, 0.1) is 0 Å². The molecule has 0 radical (unpaired) electrons. The van der Waals surface area contributed by atoms with Crippen LogP contribution in [0.25, 0.3) is 0 Å². The first-order valence-electron chi connectivity index (χ1n) is 7.70. The molecule has 104 valence electrons. The highest BCUT2D eigenvalue weighted by molar-refractivity contribution is 5.32. The maximum absolute atomic E-state index is 3.58. The summed E-state index contributed by atoms with van der Waals surface area (Å²) in [6.45, 7) is 10.5. The Hall–Kier alpha value is -0.860. The number of nitrogens with one attached hydrogen (secondary N) is 1. The highest BCUT2D eigenvalue weighted by atomic mass is 15.2. The molecule has 0 aromatic heterocycles. The van der Waals surface area contributed by atoms with Crippen LogP contribution in [0.2, 0.25) is 0 Å². The third-order valence-corrected chi connectivity index (χ3v) is 5.09. The molecule has 1 N–H and O–H groups in total. The molecule has 2 heteroatoms. The van der Waals surface area contributed by atoms with Crippen molar-refractivity contribution in [2.45, 2.75) is 45.7 Å². The summed E-state index contributed by atoms with van der Waals surface area (Å²) >= 11 is 0. The number of rotatable bonds is 2. The number of nitrogens with zero attached hydrogens (tertiary/aromatic N) is 1. The van der Waals surface area contributed by atoms with Crippen LogP contribution in [0.15, 0.2) is 18.2 Å². The highest BCUT2D eigenvalue weighted by Gasteiger charge is 2.37. The molecule has 0 amide bonds. The molecule has 0 spiro atoms. The van der Waals surface area contributed by atoms with Crippen LogP contribution in [0, 0.1) is 19.8 Å². The predicted octanol–water partition coefficient (Wildman–Crippen LogP) is 3.05. The fraction of sp³-hybridized carbons (Fsp3) is 0.647. The Balaban J connectivity index is 1.84. The molecule has 2 nitrogen and oxygen atoms in total. The summed E-state index contributed by atoms with van der Waals surface area (Å²) in [5.41, 5.74) is 4.33. The number of piperidine rings is 1. The summed E-state index contributed by atoms with van der Waals surface area (Å²) in [4.78, 5) is 2.74. The van der Waals surface area contributed by atoms with Crippen molar-refractivity contribution in [3.05, 3.63) is 34.9 Å². The molecular formula is C17H26N2. The summed E-state index contributed by atoms with van der Waals surface area (Å²) < 4.78 is 0. The number of benzene rings is 1. The van der Waals surface area contributed by atoms with E-state index in [1.807, 2.05) is 0 Å². The van der Waals surface area contributed by atoms with Crippen molar-refractivity contribution in [2.24, 2.45) is 5.92 Å². The van der Waals surface area contributed by atoms with Crippen LogP contribution < -0.4 is 5.32 Å². The van der Waals surface area contributed by atoms with Gasteiger partial charge in [-0.3, -0.25) is 4.90 Å². The van der Waals surface area contributed by atoms with Crippen LogP contribution in [0.1, 0.15) is 42.5 Å². The molecule has 0 aliphatic carbocycles. The number of likely N-dealkylation sites (tertiary alicyclic amines) is 1. The lowest BCUT2D eigenvalue weighted by atomic mass is 9.89. The monoisotopic (exact) mass is 258 g/mol. The van der Waals surface area contributed by atoms with Gasteiger partial charge in [0.25, 0.3) is 0 Å². The van der Waals surface area contributed by atoms with Crippen molar-refractivity contribution < 1.29 is 0 Å². The lowest BCUT2D eigenvalue weighted by molar-refractivity contribution is 0.0845. The van der Waals surface area contributed by atoms with E-state index < -0.39 is 0 Å². The van der Waals surface area contributed by atoms with Crippen LogP contribution in [0.4, 0.5) is 0 Å². The van der Waals surface area contributed by atoms with Crippen molar-refractivity contribution in [1.29, 1.82) is 0 Å². The topological polar surface area (TPSA) is 15.3 Å². The van der Waals surface area contributed by atoms with Crippen LogP contribution in [0.5, 0.6) is 0 Å². The zero-order valence-corrected chi connectivity index (χ0v) is 12.4. The molecule has 3 unspecified atom stereocenters. The molecule has 0 saturated carbocycles. The van der Waals surface area contributed by atoms with E-state index in [2.05, 4.69) is 49.2 Å². The number of hydrogen-bond donors (Lipinski definition) is 1. The summed E-state index contributed by atoms with van der Waals surface area (Å²) in [6.07, 6.45) is 2.77. The van der Waals surface area contributed by atoms with Gasteiger partial charge in [-0.05, 0) is 63.7 Å². The molecule has 2 heterocycles. The second-order valence-corrected chi connectivity index (χ2v) is 6.40. The first-order chi connectivity index (χ1) is 9.16. The van der Waals surface area contributed by atoms with Crippen LogP contribution in [-0.4, -0.2) is 30.6 Å². The molecule has 19 heavy (non-hydrogen) atoms. The Kier molecular flexibility index (Phi) is 3.64. The van der Waals surface area contributed by atoms with E-state index in [0.29, 0.717) is 6.04 Å². The van der Waals surface area contributed by atoms with Gasteiger partial charge in [-0.25, -0.2) is 0 Å². The molecular weight excluding hydrogens is 232 g/mol. The van der Waals surface area contributed by atoms with Crippen molar-refractivity contribution in [1.82, 2.24) is 10.2 Å². The van der Waals surface area contributed by atoms with E-state index in [9.17, 15) is 0 Å². The zero-order chi connectivity index (χ0) is 13.4. The fourth-order valence-electron chi connectivity index (χ4n) is 4.06. The first-order valence-corrected chi connectivity index (χ1v) is 7.70. The number of hydrogen-bond acceptors (Lipinski definition) is 2. The minimum absolute atomic E-state index is 0.549. The summed E-state index contributed by atoms with van der Waals surface area (Å²) in [5, 5.41) is 3.58. The van der Waals surface area contributed by atoms with Crippen molar-refractivity contribution in [2.75, 3.05) is 19.6 Å². The Morgan fingerprint density at radius 3 is 2.89 bits per heavy atom. The number of fused-ring (bicyclic) bond motifs is 1. The highest BCUT2D eigenvalue weighted by Crippen LogP contribution is 2.34. The molecule has 0 bridgehead atoms. The quantitative estimate of drug-likeness (QED) is 0.877. The van der Waals surface area contributed by atoms with Gasteiger partial charge in [0.15, 0.2) is 0 Å². The lowest BCUT2D eigenvalue weighted by Crippen LogP contribution is -2.46. The molecule has 1 aromatic rings. The average molecular weight is 258 g/mol. The second-order valence-electron chi connectivity index (χ2n) is 6.40. The second kappa shape index (κ2) is 5.26. The molecule has 3 rings (SSSR count). The van der Waals surface area contributed by atoms with Crippen LogP contribution >= 0.6 is 0 Å². The van der Waals surface area contributed by atoms with E-state index >= 15 is 0 Å². The maximum Gasteiger partial charge on any atom is 0.0326 e. The largest absolute Gasteiger partial charge is 0.315 e. The molecule has 3 atom stereocenters. The standard InChI is InChI=1S/C17H26N2/c1-12-6-7-16(13(2)9-12)14(3)19-8-4-5-15-10-18-11-17(15)19/h6-7,9,14-15,17-18H,4-5,8,10-11H2,1-3H3. The minimum atomic E-state index is 0.549. The van der Waals surface area contributed by atoms with E-state index in [1.165, 1.54) is 49.2 Å². The van der Waals surface area contributed by atoms with Crippen molar-refractivity contribution >= 4 is 0 Å². The Labute approximate surface area is 117 Å². The van der Waals surface area contributed by atoms with E-state index in [1.54, 1.807) is 0 Å². The van der Waals surface area contributed by atoms with Crippen LogP contribution in [-0.2, 0) is 0 Å². The van der Waals surface area contributed by atoms with E-state index in [4.69, 9.17) is 0 Å². The minimum Gasteiger partial charge on any atom is -0.315 e. The van der Waals surface area contributed by atoms with E-state index in [-0.39, 0.29) is 0 Å². The Morgan fingerprint density at radius 1 is 1.26 bits per heavy atom. The predicted molar refractivity (Wildman–Crippen MR) is 80.4 cm³/mol.